The molecule has 2 rings (SSSR count). The van der Waals surface area contributed by atoms with Crippen molar-refractivity contribution in [1.29, 1.82) is 0 Å². The lowest BCUT2D eigenvalue weighted by Crippen LogP contribution is -2.08. The van der Waals surface area contributed by atoms with Crippen LogP contribution in [0.15, 0.2) is 4.52 Å². The van der Waals surface area contributed by atoms with Crippen LogP contribution >= 0.6 is 0 Å². The minimum Gasteiger partial charge on any atom is -0.361 e. The zero-order valence-corrected chi connectivity index (χ0v) is 11.6. The average molecular weight is 250 g/mol. The van der Waals surface area contributed by atoms with Gasteiger partial charge in [0.2, 0.25) is 0 Å². The molecule has 0 spiro atoms. The van der Waals surface area contributed by atoms with Crippen LogP contribution in [0.2, 0.25) is 0 Å². The Kier molecular flexibility index (Phi) is 5.72. The lowest BCUT2D eigenvalue weighted by molar-refractivity contribution is 0.370. The molecule has 3 heteroatoms. The number of hydrogen-bond acceptors (Lipinski definition) is 3. The van der Waals surface area contributed by atoms with Gasteiger partial charge in [0.15, 0.2) is 0 Å². The van der Waals surface area contributed by atoms with Crippen LogP contribution in [0.5, 0.6) is 0 Å². The van der Waals surface area contributed by atoms with Gasteiger partial charge in [-0.2, -0.15) is 0 Å². The van der Waals surface area contributed by atoms with Gasteiger partial charge in [0.1, 0.15) is 11.5 Å². The van der Waals surface area contributed by atoms with Gasteiger partial charge in [-0.15, -0.1) is 0 Å². The first kappa shape index (κ1) is 13.6. The van der Waals surface area contributed by atoms with Crippen molar-refractivity contribution in [3.8, 4) is 0 Å². The standard InChI is InChI=1S/C15H26N2O/c1-16-12-14-13-10-8-6-4-2-3-5-7-9-11-15(13)18-17-14/h16H,2-12H2,1H3. The Balaban J connectivity index is 2.04. The molecule has 0 fully saturated rings. The number of aromatic nitrogens is 1. The van der Waals surface area contributed by atoms with Gasteiger partial charge < -0.3 is 9.84 Å². The fourth-order valence-electron chi connectivity index (χ4n) is 2.82. The van der Waals surface area contributed by atoms with Crippen LogP contribution < -0.4 is 5.32 Å². The third-order valence-electron chi connectivity index (χ3n) is 3.88. The maximum absolute atomic E-state index is 5.55. The Bertz CT molecular complexity index is 346. The zero-order chi connectivity index (χ0) is 12.6. The number of hydrogen-bond donors (Lipinski definition) is 1. The molecule has 1 aromatic rings. The number of rotatable bonds is 2. The van der Waals surface area contributed by atoms with E-state index in [1.54, 1.807) is 0 Å². The highest BCUT2D eigenvalue weighted by atomic mass is 16.5. The van der Waals surface area contributed by atoms with Crippen molar-refractivity contribution in [3.05, 3.63) is 17.0 Å². The van der Waals surface area contributed by atoms with Crippen molar-refractivity contribution in [2.45, 2.75) is 70.8 Å². The van der Waals surface area contributed by atoms with Crippen molar-refractivity contribution < 1.29 is 4.52 Å². The van der Waals surface area contributed by atoms with Gasteiger partial charge in [0, 0.05) is 18.5 Å². The molecule has 3 nitrogen and oxygen atoms in total. The van der Waals surface area contributed by atoms with Gasteiger partial charge >= 0.3 is 0 Å². The number of nitrogens with zero attached hydrogens (tertiary/aromatic N) is 1. The average Bonchev–Trinajstić information content (AvgIpc) is 2.72. The first-order valence-corrected chi connectivity index (χ1v) is 7.52. The van der Waals surface area contributed by atoms with Gasteiger partial charge in [0.05, 0.1) is 0 Å². The SMILES string of the molecule is CNCc1noc2c1CCCCCCCCCC2. The smallest absolute Gasteiger partial charge is 0.140 e. The quantitative estimate of drug-likeness (QED) is 0.871. The van der Waals surface area contributed by atoms with E-state index in [4.69, 9.17) is 4.52 Å². The van der Waals surface area contributed by atoms with Crippen LogP contribution in [0.3, 0.4) is 0 Å². The first-order chi connectivity index (χ1) is 8.92. The monoisotopic (exact) mass is 250 g/mol. The van der Waals surface area contributed by atoms with Gasteiger partial charge in [-0.3, -0.25) is 0 Å². The summed E-state index contributed by atoms with van der Waals surface area (Å²) >= 11 is 0. The van der Waals surface area contributed by atoms with Crippen LogP contribution in [0.4, 0.5) is 0 Å². The normalized spacial score (nSPS) is 18.7. The van der Waals surface area contributed by atoms with Crippen molar-refractivity contribution in [3.63, 3.8) is 0 Å². The highest BCUT2D eigenvalue weighted by Crippen LogP contribution is 2.22. The Morgan fingerprint density at radius 1 is 0.944 bits per heavy atom. The van der Waals surface area contributed by atoms with E-state index in [1.807, 2.05) is 7.05 Å². The van der Waals surface area contributed by atoms with Crippen LogP contribution in [-0.4, -0.2) is 12.2 Å². The molecule has 0 aliphatic heterocycles. The molecule has 102 valence electrons. The Hall–Kier alpha value is -0.830. The molecule has 1 N–H and O–H groups in total. The third kappa shape index (κ3) is 3.84. The van der Waals surface area contributed by atoms with Gasteiger partial charge in [-0.25, -0.2) is 0 Å². The van der Waals surface area contributed by atoms with Crippen LogP contribution in [-0.2, 0) is 19.4 Å². The minimum atomic E-state index is 0.832. The summed E-state index contributed by atoms with van der Waals surface area (Å²) in [5.74, 6) is 1.15. The van der Waals surface area contributed by atoms with Crippen molar-refractivity contribution >= 4 is 0 Å². The molecule has 0 saturated carbocycles. The fraction of sp³-hybridized carbons (Fsp3) is 0.800. The van der Waals surface area contributed by atoms with Crippen LogP contribution in [0.25, 0.3) is 0 Å². The van der Waals surface area contributed by atoms with E-state index in [0.29, 0.717) is 0 Å². The Labute approximate surface area is 110 Å². The predicted octanol–water partition coefficient (Wildman–Crippen LogP) is 3.61. The Morgan fingerprint density at radius 2 is 1.56 bits per heavy atom. The second kappa shape index (κ2) is 7.57. The molecular weight excluding hydrogens is 224 g/mol. The molecule has 0 atom stereocenters. The van der Waals surface area contributed by atoms with Crippen LogP contribution in [0, 0.1) is 0 Å². The highest BCUT2D eigenvalue weighted by molar-refractivity contribution is 5.23. The van der Waals surface area contributed by atoms with Crippen molar-refractivity contribution in [2.75, 3.05) is 7.05 Å². The summed E-state index contributed by atoms with van der Waals surface area (Å²) in [7, 11) is 1.97. The second-order valence-corrected chi connectivity index (χ2v) is 5.39. The van der Waals surface area contributed by atoms with E-state index in [1.165, 1.54) is 56.9 Å². The minimum absolute atomic E-state index is 0.832. The Morgan fingerprint density at radius 3 is 2.22 bits per heavy atom. The summed E-state index contributed by atoms with van der Waals surface area (Å²) in [6, 6.07) is 0. The number of fused-ring (bicyclic) bond motifs is 1. The van der Waals surface area contributed by atoms with Crippen LogP contribution in [0.1, 0.15) is 68.4 Å². The summed E-state index contributed by atoms with van der Waals surface area (Å²) < 4.78 is 5.55. The molecule has 1 aliphatic carbocycles. The molecule has 1 heterocycles. The summed E-state index contributed by atoms with van der Waals surface area (Å²) in [6.07, 6.45) is 13.0. The third-order valence-corrected chi connectivity index (χ3v) is 3.88. The molecule has 0 saturated heterocycles. The molecule has 0 amide bonds. The van der Waals surface area contributed by atoms with E-state index in [9.17, 15) is 0 Å². The first-order valence-electron chi connectivity index (χ1n) is 7.52. The highest BCUT2D eigenvalue weighted by Gasteiger charge is 2.15. The van der Waals surface area contributed by atoms with E-state index in [2.05, 4.69) is 10.5 Å². The van der Waals surface area contributed by atoms with E-state index >= 15 is 0 Å². The molecule has 0 radical (unpaired) electrons. The lowest BCUT2D eigenvalue weighted by atomic mass is 9.98. The summed E-state index contributed by atoms with van der Waals surface area (Å²) in [5.41, 5.74) is 2.52. The number of aryl methyl sites for hydroxylation is 1. The van der Waals surface area contributed by atoms with E-state index in [-0.39, 0.29) is 0 Å². The second-order valence-electron chi connectivity index (χ2n) is 5.39. The van der Waals surface area contributed by atoms with Crippen molar-refractivity contribution in [2.24, 2.45) is 0 Å². The van der Waals surface area contributed by atoms with Crippen molar-refractivity contribution in [1.82, 2.24) is 10.5 Å². The molecule has 1 aromatic heterocycles. The number of nitrogens with one attached hydrogen (secondary N) is 1. The lowest BCUT2D eigenvalue weighted by Gasteiger charge is -2.07. The summed E-state index contributed by atoms with van der Waals surface area (Å²) in [5, 5.41) is 7.43. The molecule has 0 unspecified atom stereocenters. The van der Waals surface area contributed by atoms with Gasteiger partial charge in [-0.05, 0) is 26.3 Å². The predicted molar refractivity (Wildman–Crippen MR) is 73.6 cm³/mol. The zero-order valence-electron chi connectivity index (χ0n) is 11.6. The van der Waals surface area contributed by atoms with Gasteiger partial charge in [-0.1, -0.05) is 43.7 Å². The van der Waals surface area contributed by atoms with E-state index < -0.39 is 0 Å². The maximum Gasteiger partial charge on any atom is 0.140 e. The summed E-state index contributed by atoms with van der Waals surface area (Å²) in [4.78, 5) is 0. The van der Waals surface area contributed by atoms with Gasteiger partial charge in [0.25, 0.3) is 0 Å². The fourth-order valence-corrected chi connectivity index (χ4v) is 2.82. The molecular formula is C15H26N2O. The molecule has 0 bridgehead atoms. The summed E-state index contributed by atoms with van der Waals surface area (Å²) in [6.45, 7) is 0.832. The molecule has 0 aromatic carbocycles. The largest absolute Gasteiger partial charge is 0.361 e. The molecule has 1 aliphatic rings. The maximum atomic E-state index is 5.55. The van der Waals surface area contributed by atoms with E-state index in [0.717, 1.165) is 30.8 Å². The topological polar surface area (TPSA) is 38.1 Å². The molecule has 18 heavy (non-hydrogen) atoms.